The molecular weight excluding hydrogens is 316 g/mol. The molecule has 1 amide bonds. The van der Waals surface area contributed by atoms with Gasteiger partial charge >= 0.3 is 0 Å². The predicted molar refractivity (Wildman–Crippen MR) is 85.6 cm³/mol. The van der Waals surface area contributed by atoms with Gasteiger partial charge in [0.05, 0.1) is 4.90 Å². The van der Waals surface area contributed by atoms with E-state index in [1.165, 1.54) is 28.6 Å². The van der Waals surface area contributed by atoms with Crippen LogP contribution in [0.15, 0.2) is 41.4 Å². The van der Waals surface area contributed by atoms with Crippen LogP contribution in [0.3, 0.4) is 0 Å². The van der Waals surface area contributed by atoms with Crippen molar-refractivity contribution in [2.24, 2.45) is 7.05 Å². The van der Waals surface area contributed by atoms with Crippen molar-refractivity contribution >= 4 is 21.7 Å². The number of aromatic nitrogens is 2. The van der Waals surface area contributed by atoms with E-state index in [9.17, 15) is 13.2 Å². The van der Waals surface area contributed by atoms with Gasteiger partial charge in [0.15, 0.2) is 5.82 Å². The topological polar surface area (TPSA) is 84.3 Å². The van der Waals surface area contributed by atoms with Crippen LogP contribution >= 0.6 is 0 Å². The highest BCUT2D eigenvalue weighted by molar-refractivity contribution is 7.89. The Morgan fingerprint density at radius 3 is 2.35 bits per heavy atom. The monoisotopic (exact) mass is 334 g/mol. The Kier molecular flexibility index (Phi) is 4.18. The van der Waals surface area contributed by atoms with Crippen molar-refractivity contribution in [2.75, 3.05) is 18.4 Å². The third-order valence-corrected chi connectivity index (χ3v) is 5.69. The van der Waals surface area contributed by atoms with Crippen LogP contribution in [0.25, 0.3) is 0 Å². The van der Waals surface area contributed by atoms with E-state index >= 15 is 0 Å². The Hall–Kier alpha value is -2.19. The molecule has 1 saturated heterocycles. The smallest absolute Gasteiger partial charge is 0.256 e. The molecule has 8 heteroatoms. The van der Waals surface area contributed by atoms with Crippen LogP contribution in [0.2, 0.25) is 0 Å². The van der Waals surface area contributed by atoms with Gasteiger partial charge in [0, 0.05) is 38.0 Å². The first-order valence-corrected chi connectivity index (χ1v) is 8.82. The minimum atomic E-state index is -3.45. The Balaban J connectivity index is 1.75. The fourth-order valence-electron chi connectivity index (χ4n) is 2.53. The second-order valence-electron chi connectivity index (χ2n) is 5.46. The fourth-order valence-corrected chi connectivity index (χ4v) is 4.04. The normalized spacial score (nSPS) is 15.7. The third-order valence-electron chi connectivity index (χ3n) is 3.77. The van der Waals surface area contributed by atoms with Crippen LogP contribution in [0.4, 0.5) is 5.82 Å². The Morgan fingerprint density at radius 2 is 1.78 bits per heavy atom. The first kappa shape index (κ1) is 15.7. The minimum Gasteiger partial charge on any atom is -0.305 e. The average Bonchev–Trinajstić information content (AvgIpc) is 3.19. The van der Waals surface area contributed by atoms with Crippen molar-refractivity contribution in [3.63, 3.8) is 0 Å². The van der Waals surface area contributed by atoms with E-state index in [-0.39, 0.29) is 10.8 Å². The molecule has 1 aromatic heterocycles. The minimum absolute atomic E-state index is 0.216. The maximum Gasteiger partial charge on any atom is 0.256 e. The number of hydrogen-bond donors (Lipinski definition) is 1. The maximum atomic E-state index is 12.4. The molecule has 23 heavy (non-hydrogen) atoms. The first-order valence-electron chi connectivity index (χ1n) is 7.38. The molecule has 1 aromatic carbocycles. The summed E-state index contributed by atoms with van der Waals surface area (Å²) in [6, 6.07) is 7.66. The molecule has 0 atom stereocenters. The van der Waals surface area contributed by atoms with Gasteiger partial charge in [-0.25, -0.2) is 8.42 Å². The number of nitrogens with one attached hydrogen (secondary N) is 1. The molecule has 0 spiro atoms. The number of sulfonamides is 1. The van der Waals surface area contributed by atoms with Gasteiger partial charge in [-0.2, -0.15) is 9.40 Å². The van der Waals surface area contributed by atoms with Crippen molar-refractivity contribution in [1.29, 1.82) is 0 Å². The second-order valence-corrected chi connectivity index (χ2v) is 7.40. The summed E-state index contributed by atoms with van der Waals surface area (Å²) in [4.78, 5) is 12.3. The zero-order valence-corrected chi connectivity index (χ0v) is 13.6. The van der Waals surface area contributed by atoms with Crippen LogP contribution in [0, 0.1) is 0 Å². The van der Waals surface area contributed by atoms with E-state index in [0.717, 1.165) is 12.8 Å². The highest BCUT2D eigenvalue weighted by Gasteiger charge is 2.27. The maximum absolute atomic E-state index is 12.4. The summed E-state index contributed by atoms with van der Waals surface area (Å²) in [5.74, 6) is 0.125. The number of benzene rings is 1. The molecular formula is C15H18N4O3S. The van der Waals surface area contributed by atoms with E-state index in [1.807, 2.05) is 0 Å². The van der Waals surface area contributed by atoms with E-state index in [0.29, 0.717) is 24.5 Å². The molecule has 0 bridgehead atoms. The van der Waals surface area contributed by atoms with Crippen molar-refractivity contribution in [3.8, 4) is 0 Å². The van der Waals surface area contributed by atoms with Gasteiger partial charge in [-0.05, 0) is 37.1 Å². The van der Waals surface area contributed by atoms with Gasteiger partial charge in [0.25, 0.3) is 5.91 Å². The molecule has 1 fully saturated rings. The van der Waals surface area contributed by atoms with Crippen LogP contribution in [0.5, 0.6) is 0 Å². The van der Waals surface area contributed by atoms with Gasteiger partial charge in [-0.3, -0.25) is 9.48 Å². The summed E-state index contributed by atoms with van der Waals surface area (Å²) >= 11 is 0. The van der Waals surface area contributed by atoms with Crippen molar-refractivity contribution in [3.05, 3.63) is 42.1 Å². The van der Waals surface area contributed by atoms with Gasteiger partial charge in [-0.1, -0.05) is 0 Å². The Bertz CT molecular complexity index is 806. The van der Waals surface area contributed by atoms with Crippen LogP contribution < -0.4 is 5.32 Å². The molecule has 1 aliphatic rings. The van der Waals surface area contributed by atoms with Crippen molar-refractivity contribution in [1.82, 2.24) is 14.1 Å². The molecule has 122 valence electrons. The lowest BCUT2D eigenvalue weighted by Crippen LogP contribution is -2.27. The average molecular weight is 334 g/mol. The number of carbonyl (C=O) groups is 1. The lowest BCUT2D eigenvalue weighted by Gasteiger charge is -2.15. The molecule has 3 rings (SSSR count). The highest BCUT2D eigenvalue weighted by atomic mass is 32.2. The predicted octanol–water partition coefficient (Wildman–Crippen LogP) is 1.46. The SMILES string of the molecule is Cn1ccc(NC(=O)c2ccc(S(=O)(=O)N3CCCC3)cc2)n1. The number of nitrogens with zero attached hydrogens (tertiary/aromatic N) is 3. The molecule has 1 aliphatic heterocycles. The highest BCUT2D eigenvalue weighted by Crippen LogP contribution is 2.21. The Morgan fingerprint density at radius 1 is 1.13 bits per heavy atom. The lowest BCUT2D eigenvalue weighted by molar-refractivity contribution is 0.102. The number of carbonyl (C=O) groups excluding carboxylic acids is 1. The van der Waals surface area contributed by atoms with E-state index in [4.69, 9.17) is 0 Å². The number of aryl methyl sites for hydroxylation is 1. The zero-order valence-electron chi connectivity index (χ0n) is 12.8. The number of anilines is 1. The summed E-state index contributed by atoms with van der Waals surface area (Å²) in [5, 5.41) is 6.73. The molecule has 2 heterocycles. The van der Waals surface area contributed by atoms with Gasteiger partial charge in [-0.15, -0.1) is 0 Å². The van der Waals surface area contributed by atoms with Gasteiger partial charge < -0.3 is 5.32 Å². The Labute approximate surface area is 135 Å². The van der Waals surface area contributed by atoms with Crippen LogP contribution in [-0.4, -0.2) is 41.5 Å². The summed E-state index contributed by atoms with van der Waals surface area (Å²) in [5.41, 5.74) is 0.385. The number of hydrogen-bond acceptors (Lipinski definition) is 4. The van der Waals surface area contributed by atoms with Crippen LogP contribution in [0.1, 0.15) is 23.2 Å². The quantitative estimate of drug-likeness (QED) is 0.917. The number of rotatable bonds is 4. The molecule has 1 N–H and O–H groups in total. The van der Waals surface area contributed by atoms with E-state index in [1.54, 1.807) is 24.0 Å². The molecule has 2 aromatic rings. The van der Waals surface area contributed by atoms with Gasteiger partial charge in [0.1, 0.15) is 0 Å². The standard InChI is InChI=1S/C15H18N4O3S/c1-18-11-8-14(17-18)16-15(20)12-4-6-13(7-5-12)23(21,22)19-9-2-3-10-19/h4-8,11H,2-3,9-10H2,1H3,(H,16,17,20). The molecule has 0 aliphatic carbocycles. The summed E-state index contributed by atoms with van der Waals surface area (Å²) < 4.78 is 27.9. The third kappa shape index (κ3) is 3.27. The lowest BCUT2D eigenvalue weighted by atomic mass is 10.2. The molecule has 7 nitrogen and oxygen atoms in total. The molecule has 0 saturated carbocycles. The van der Waals surface area contributed by atoms with E-state index < -0.39 is 10.0 Å². The summed E-state index contributed by atoms with van der Waals surface area (Å²) in [6.07, 6.45) is 3.51. The van der Waals surface area contributed by atoms with Crippen molar-refractivity contribution in [2.45, 2.75) is 17.7 Å². The largest absolute Gasteiger partial charge is 0.305 e. The summed E-state index contributed by atoms with van der Waals surface area (Å²) in [7, 11) is -1.69. The zero-order chi connectivity index (χ0) is 16.4. The molecule has 0 radical (unpaired) electrons. The fraction of sp³-hybridized carbons (Fsp3) is 0.333. The van der Waals surface area contributed by atoms with E-state index in [2.05, 4.69) is 10.4 Å². The summed E-state index contributed by atoms with van der Waals surface area (Å²) in [6.45, 7) is 1.12. The van der Waals surface area contributed by atoms with Gasteiger partial charge in [0.2, 0.25) is 10.0 Å². The van der Waals surface area contributed by atoms with Crippen LogP contribution in [-0.2, 0) is 17.1 Å². The number of amides is 1. The first-order chi connectivity index (χ1) is 11.0. The van der Waals surface area contributed by atoms with Crippen molar-refractivity contribution < 1.29 is 13.2 Å². The molecule has 0 unspecified atom stereocenters. The second kappa shape index (κ2) is 6.13.